The zero-order valence-electron chi connectivity index (χ0n) is 17.8. The highest BCUT2D eigenvalue weighted by Gasteiger charge is 2.16. The standard InChI is InChI=1S/C24H23N3O5/c1-3-13-25-24(29)21(26-23(28)17-9-7-16(2)8-10-17)15-20-11-12-22(32-20)18-5-4-6-19(14-18)27(30)31/h4-12,14-15H,3,13H2,1-2H3,(H,25,29)(H,26,28). The summed E-state index contributed by atoms with van der Waals surface area (Å²) in [7, 11) is 0. The lowest BCUT2D eigenvalue weighted by atomic mass is 10.1. The van der Waals surface area contributed by atoms with Crippen LogP contribution in [0.25, 0.3) is 17.4 Å². The van der Waals surface area contributed by atoms with E-state index in [1.54, 1.807) is 36.4 Å². The molecule has 0 saturated carbocycles. The monoisotopic (exact) mass is 433 g/mol. The second kappa shape index (κ2) is 10.2. The quantitative estimate of drug-likeness (QED) is 0.309. The van der Waals surface area contributed by atoms with Gasteiger partial charge in [0.05, 0.1) is 4.92 Å². The molecule has 0 fully saturated rings. The Morgan fingerprint density at radius 3 is 2.53 bits per heavy atom. The topological polar surface area (TPSA) is 114 Å². The predicted molar refractivity (Wildman–Crippen MR) is 121 cm³/mol. The highest BCUT2D eigenvalue weighted by molar-refractivity contribution is 6.05. The first-order chi connectivity index (χ1) is 15.4. The van der Waals surface area contributed by atoms with Crippen LogP contribution >= 0.6 is 0 Å². The molecule has 0 spiro atoms. The van der Waals surface area contributed by atoms with E-state index in [1.165, 1.54) is 18.2 Å². The number of aryl methyl sites for hydroxylation is 1. The van der Waals surface area contributed by atoms with Crippen molar-refractivity contribution in [3.8, 4) is 11.3 Å². The molecule has 8 nitrogen and oxygen atoms in total. The first kappa shape index (κ1) is 22.5. The highest BCUT2D eigenvalue weighted by atomic mass is 16.6. The van der Waals surface area contributed by atoms with Crippen molar-refractivity contribution < 1.29 is 18.9 Å². The van der Waals surface area contributed by atoms with Crippen molar-refractivity contribution in [3.05, 3.63) is 93.4 Å². The van der Waals surface area contributed by atoms with E-state index < -0.39 is 16.7 Å². The van der Waals surface area contributed by atoms with Gasteiger partial charge in [0.2, 0.25) is 0 Å². The Morgan fingerprint density at radius 1 is 1.09 bits per heavy atom. The molecule has 164 valence electrons. The van der Waals surface area contributed by atoms with Gasteiger partial charge < -0.3 is 15.1 Å². The average Bonchev–Trinajstić information content (AvgIpc) is 3.26. The molecule has 0 radical (unpaired) electrons. The Balaban J connectivity index is 1.88. The third-order valence-corrected chi connectivity index (χ3v) is 4.60. The maximum absolute atomic E-state index is 12.6. The van der Waals surface area contributed by atoms with E-state index >= 15 is 0 Å². The first-order valence-electron chi connectivity index (χ1n) is 10.1. The summed E-state index contributed by atoms with van der Waals surface area (Å²) in [5.41, 5.74) is 1.94. The molecular weight excluding hydrogens is 410 g/mol. The number of nitrogens with zero attached hydrogens (tertiary/aromatic N) is 1. The number of hydrogen-bond donors (Lipinski definition) is 2. The zero-order chi connectivity index (χ0) is 23.1. The van der Waals surface area contributed by atoms with Crippen molar-refractivity contribution in [1.29, 1.82) is 0 Å². The second-order valence-corrected chi connectivity index (χ2v) is 7.14. The van der Waals surface area contributed by atoms with Crippen LogP contribution in [0.3, 0.4) is 0 Å². The fourth-order valence-electron chi connectivity index (χ4n) is 2.89. The molecule has 8 heteroatoms. The van der Waals surface area contributed by atoms with Gasteiger partial charge in [0, 0.05) is 35.9 Å². The summed E-state index contributed by atoms with van der Waals surface area (Å²) in [6.07, 6.45) is 2.17. The van der Waals surface area contributed by atoms with E-state index in [-0.39, 0.29) is 11.4 Å². The van der Waals surface area contributed by atoms with Gasteiger partial charge in [0.15, 0.2) is 0 Å². The molecule has 32 heavy (non-hydrogen) atoms. The third kappa shape index (κ3) is 5.69. The molecule has 2 aromatic carbocycles. The van der Waals surface area contributed by atoms with E-state index in [1.807, 2.05) is 26.0 Å². The lowest BCUT2D eigenvalue weighted by Crippen LogP contribution is -2.35. The highest BCUT2D eigenvalue weighted by Crippen LogP contribution is 2.26. The van der Waals surface area contributed by atoms with Crippen molar-refractivity contribution in [1.82, 2.24) is 10.6 Å². The summed E-state index contributed by atoms with van der Waals surface area (Å²) in [5.74, 6) is -0.149. The summed E-state index contributed by atoms with van der Waals surface area (Å²) >= 11 is 0. The summed E-state index contributed by atoms with van der Waals surface area (Å²) in [6.45, 7) is 4.29. The van der Waals surface area contributed by atoms with Gasteiger partial charge in [-0.05, 0) is 37.6 Å². The number of non-ortho nitro benzene ring substituents is 1. The molecule has 3 aromatic rings. The molecule has 2 N–H and O–H groups in total. The maximum atomic E-state index is 12.6. The summed E-state index contributed by atoms with van der Waals surface area (Å²) in [4.78, 5) is 35.8. The molecule has 0 atom stereocenters. The number of nitro benzene ring substituents is 1. The van der Waals surface area contributed by atoms with Crippen LogP contribution in [0, 0.1) is 17.0 Å². The number of amides is 2. The van der Waals surface area contributed by atoms with Crippen molar-refractivity contribution in [2.24, 2.45) is 0 Å². The van der Waals surface area contributed by atoms with E-state index in [0.717, 1.165) is 12.0 Å². The molecule has 0 saturated heterocycles. The van der Waals surface area contributed by atoms with Crippen molar-refractivity contribution in [2.45, 2.75) is 20.3 Å². The molecule has 3 rings (SSSR count). The number of furan rings is 1. The maximum Gasteiger partial charge on any atom is 0.270 e. The van der Waals surface area contributed by atoms with Crippen LogP contribution in [0.1, 0.15) is 35.0 Å². The smallest absolute Gasteiger partial charge is 0.270 e. The van der Waals surface area contributed by atoms with E-state index in [2.05, 4.69) is 10.6 Å². The van der Waals surface area contributed by atoms with E-state index in [4.69, 9.17) is 4.42 Å². The number of carbonyl (C=O) groups excluding carboxylic acids is 2. The Bertz CT molecular complexity index is 1160. The second-order valence-electron chi connectivity index (χ2n) is 7.14. The fraction of sp³-hybridized carbons (Fsp3) is 0.167. The van der Waals surface area contributed by atoms with Crippen LogP contribution in [0.15, 0.2) is 70.8 Å². The number of rotatable bonds is 8. The van der Waals surface area contributed by atoms with Crippen LogP contribution in [-0.4, -0.2) is 23.3 Å². The molecular formula is C24H23N3O5. The van der Waals surface area contributed by atoms with Crippen molar-refractivity contribution >= 4 is 23.6 Å². The lowest BCUT2D eigenvalue weighted by Gasteiger charge is -2.10. The van der Waals surface area contributed by atoms with Crippen LogP contribution < -0.4 is 10.6 Å². The van der Waals surface area contributed by atoms with Gasteiger partial charge in [0.1, 0.15) is 17.2 Å². The van der Waals surface area contributed by atoms with E-state index in [0.29, 0.717) is 29.2 Å². The van der Waals surface area contributed by atoms with Gasteiger partial charge in [0.25, 0.3) is 17.5 Å². The normalized spacial score (nSPS) is 11.1. The molecule has 1 aromatic heterocycles. The molecule has 0 aliphatic carbocycles. The minimum atomic E-state index is -0.482. The van der Waals surface area contributed by atoms with Crippen LogP contribution in [0.4, 0.5) is 5.69 Å². The average molecular weight is 433 g/mol. The zero-order valence-corrected chi connectivity index (χ0v) is 17.8. The van der Waals surface area contributed by atoms with Crippen molar-refractivity contribution in [2.75, 3.05) is 6.54 Å². The van der Waals surface area contributed by atoms with Gasteiger partial charge in [-0.25, -0.2) is 0 Å². The molecule has 0 unspecified atom stereocenters. The minimum absolute atomic E-state index is 0.0315. The number of hydrogen-bond acceptors (Lipinski definition) is 5. The largest absolute Gasteiger partial charge is 0.457 e. The third-order valence-electron chi connectivity index (χ3n) is 4.60. The molecule has 2 amide bonds. The Labute approximate surface area is 185 Å². The van der Waals surface area contributed by atoms with E-state index in [9.17, 15) is 19.7 Å². The molecule has 0 aliphatic rings. The number of nitro groups is 1. The number of nitrogens with one attached hydrogen (secondary N) is 2. The van der Waals surface area contributed by atoms with Gasteiger partial charge in [-0.15, -0.1) is 0 Å². The SMILES string of the molecule is CCCNC(=O)C(=Cc1ccc(-c2cccc([N+](=O)[O-])c2)o1)NC(=O)c1ccc(C)cc1. The number of carbonyl (C=O) groups is 2. The Hall–Kier alpha value is -4.20. The van der Waals surface area contributed by atoms with Crippen LogP contribution in [0.5, 0.6) is 0 Å². The Kier molecular flexibility index (Phi) is 7.17. The summed E-state index contributed by atoms with van der Waals surface area (Å²) < 4.78 is 5.76. The van der Waals surface area contributed by atoms with Gasteiger partial charge in [-0.3, -0.25) is 19.7 Å². The first-order valence-corrected chi connectivity index (χ1v) is 10.1. The fourth-order valence-corrected chi connectivity index (χ4v) is 2.89. The Morgan fingerprint density at radius 2 is 1.84 bits per heavy atom. The van der Waals surface area contributed by atoms with Gasteiger partial charge in [-0.2, -0.15) is 0 Å². The van der Waals surface area contributed by atoms with Gasteiger partial charge in [-0.1, -0.05) is 36.8 Å². The molecule has 0 bridgehead atoms. The van der Waals surface area contributed by atoms with Gasteiger partial charge >= 0.3 is 0 Å². The minimum Gasteiger partial charge on any atom is -0.457 e. The van der Waals surface area contributed by atoms with Crippen LogP contribution in [0.2, 0.25) is 0 Å². The molecule has 1 heterocycles. The summed E-state index contributed by atoms with van der Waals surface area (Å²) in [6, 6.07) is 16.3. The van der Waals surface area contributed by atoms with Crippen LogP contribution in [-0.2, 0) is 4.79 Å². The predicted octanol–water partition coefficient (Wildman–Crippen LogP) is 4.46. The van der Waals surface area contributed by atoms with Crippen molar-refractivity contribution in [3.63, 3.8) is 0 Å². The number of benzene rings is 2. The lowest BCUT2D eigenvalue weighted by molar-refractivity contribution is -0.384. The summed E-state index contributed by atoms with van der Waals surface area (Å²) in [5, 5.41) is 16.4. The molecule has 0 aliphatic heterocycles.